The van der Waals surface area contributed by atoms with Gasteiger partial charge in [-0.3, -0.25) is 9.59 Å². The van der Waals surface area contributed by atoms with Crippen molar-refractivity contribution in [2.75, 3.05) is 0 Å². The van der Waals surface area contributed by atoms with Gasteiger partial charge in [-0.05, 0) is 19.8 Å². The van der Waals surface area contributed by atoms with Crippen LogP contribution in [0.2, 0.25) is 0 Å². The van der Waals surface area contributed by atoms with Crippen molar-refractivity contribution < 1.29 is 19.1 Å². The molecule has 3 atom stereocenters. The maximum Gasteiger partial charge on any atom is 0.309 e. The molecular formula is C13H18O4. The van der Waals surface area contributed by atoms with Crippen molar-refractivity contribution in [3.8, 4) is 0 Å². The number of carbonyl (C=O) groups excluding carboxylic acids is 2. The van der Waals surface area contributed by atoms with Crippen LogP contribution >= 0.6 is 0 Å². The highest BCUT2D eigenvalue weighted by atomic mass is 16.6. The van der Waals surface area contributed by atoms with Gasteiger partial charge in [0.25, 0.3) is 0 Å². The first kappa shape index (κ1) is 12.1. The van der Waals surface area contributed by atoms with Gasteiger partial charge in [0, 0.05) is 19.8 Å². The fraction of sp³-hybridized carbons (Fsp3) is 0.692. The van der Waals surface area contributed by atoms with E-state index >= 15 is 0 Å². The third kappa shape index (κ3) is 1.75. The highest BCUT2D eigenvalue weighted by Gasteiger charge is 2.62. The van der Waals surface area contributed by atoms with Gasteiger partial charge >= 0.3 is 11.9 Å². The average Bonchev–Trinajstić information content (AvgIpc) is 2.46. The summed E-state index contributed by atoms with van der Waals surface area (Å²) < 4.78 is 11.0. The van der Waals surface area contributed by atoms with E-state index in [0.717, 1.165) is 6.42 Å². The average molecular weight is 238 g/mol. The predicted octanol–water partition coefficient (Wildman–Crippen LogP) is 1.98. The summed E-state index contributed by atoms with van der Waals surface area (Å²) >= 11 is 0. The first-order valence-electron chi connectivity index (χ1n) is 5.96. The van der Waals surface area contributed by atoms with Crippen LogP contribution in [-0.4, -0.2) is 23.1 Å². The van der Waals surface area contributed by atoms with E-state index < -0.39 is 11.2 Å². The fourth-order valence-electron chi connectivity index (χ4n) is 3.10. The van der Waals surface area contributed by atoms with Gasteiger partial charge in [-0.2, -0.15) is 0 Å². The Morgan fingerprint density at radius 2 is 2.41 bits per heavy atom. The molecule has 2 bridgehead atoms. The number of hydrogen-bond donors (Lipinski definition) is 0. The molecule has 4 heteroatoms. The van der Waals surface area contributed by atoms with E-state index in [-0.39, 0.29) is 17.9 Å². The molecule has 3 unspecified atom stereocenters. The summed E-state index contributed by atoms with van der Waals surface area (Å²) in [5, 5.41) is 0. The summed E-state index contributed by atoms with van der Waals surface area (Å²) in [6.07, 6.45) is 4.25. The van der Waals surface area contributed by atoms with Crippen molar-refractivity contribution in [1.29, 1.82) is 0 Å². The Morgan fingerprint density at radius 3 is 3.00 bits per heavy atom. The van der Waals surface area contributed by atoms with Crippen LogP contribution in [0, 0.1) is 5.92 Å². The molecule has 0 spiro atoms. The molecule has 2 aliphatic rings. The molecule has 2 rings (SSSR count). The smallest absolute Gasteiger partial charge is 0.309 e. The second kappa shape index (κ2) is 3.86. The Labute approximate surface area is 101 Å². The number of ether oxygens (including phenoxy) is 2. The lowest BCUT2D eigenvalue weighted by Crippen LogP contribution is -2.56. The van der Waals surface area contributed by atoms with Crippen LogP contribution < -0.4 is 0 Å². The lowest BCUT2D eigenvalue weighted by atomic mass is 9.69. The summed E-state index contributed by atoms with van der Waals surface area (Å²) in [6, 6.07) is 0. The van der Waals surface area contributed by atoms with Gasteiger partial charge in [0.15, 0.2) is 5.60 Å². The lowest BCUT2D eigenvalue weighted by Gasteiger charge is -2.45. The van der Waals surface area contributed by atoms with Crippen LogP contribution in [0.3, 0.4) is 0 Å². The molecule has 0 aromatic carbocycles. The Balaban J connectivity index is 2.35. The Hall–Kier alpha value is -1.32. The third-order valence-electron chi connectivity index (χ3n) is 3.97. The largest absolute Gasteiger partial charge is 0.455 e. The molecule has 1 saturated carbocycles. The van der Waals surface area contributed by atoms with Gasteiger partial charge in [0.1, 0.15) is 5.60 Å². The van der Waals surface area contributed by atoms with Crippen molar-refractivity contribution in [2.24, 2.45) is 5.92 Å². The van der Waals surface area contributed by atoms with Crippen LogP contribution in [-0.2, 0) is 19.1 Å². The van der Waals surface area contributed by atoms with Crippen molar-refractivity contribution in [2.45, 2.75) is 50.7 Å². The van der Waals surface area contributed by atoms with Crippen LogP contribution in [0.1, 0.15) is 39.5 Å². The predicted molar refractivity (Wildman–Crippen MR) is 61.1 cm³/mol. The van der Waals surface area contributed by atoms with Gasteiger partial charge < -0.3 is 9.47 Å². The number of hydrogen-bond acceptors (Lipinski definition) is 4. The Kier molecular flexibility index (Phi) is 2.76. The zero-order chi connectivity index (χ0) is 12.7. The summed E-state index contributed by atoms with van der Waals surface area (Å²) in [7, 11) is 0. The van der Waals surface area contributed by atoms with Crippen LogP contribution in [0.25, 0.3) is 0 Å². The second-order valence-electron chi connectivity index (χ2n) is 5.17. The summed E-state index contributed by atoms with van der Waals surface area (Å²) in [5.41, 5.74) is -1.43. The molecule has 1 aliphatic heterocycles. The molecule has 94 valence electrons. The highest BCUT2D eigenvalue weighted by Crippen LogP contribution is 2.51. The summed E-state index contributed by atoms with van der Waals surface area (Å²) in [4.78, 5) is 22.9. The van der Waals surface area contributed by atoms with Gasteiger partial charge in [-0.25, -0.2) is 0 Å². The van der Waals surface area contributed by atoms with E-state index in [2.05, 4.69) is 6.58 Å². The van der Waals surface area contributed by atoms with Crippen LogP contribution in [0.15, 0.2) is 12.7 Å². The standard InChI is InChI=1S/C13H18O4/c1-4-6-13(16-9(2)14)7-5-10-8-12(13,3)17-11(10)15/h4,10H,1,5-8H2,2-3H3. The van der Waals surface area contributed by atoms with Crippen LogP contribution in [0.5, 0.6) is 0 Å². The van der Waals surface area contributed by atoms with Crippen molar-refractivity contribution in [3.63, 3.8) is 0 Å². The Morgan fingerprint density at radius 1 is 1.71 bits per heavy atom. The SMILES string of the molecule is C=CCC1(OC(C)=O)CCC2CC1(C)OC2=O. The molecule has 17 heavy (non-hydrogen) atoms. The van der Waals surface area contributed by atoms with Crippen LogP contribution in [0.4, 0.5) is 0 Å². The molecule has 0 amide bonds. The number of carbonyl (C=O) groups is 2. The molecule has 2 fully saturated rings. The van der Waals surface area contributed by atoms with Gasteiger partial charge in [0.2, 0.25) is 0 Å². The third-order valence-corrected chi connectivity index (χ3v) is 3.97. The van der Waals surface area contributed by atoms with E-state index in [1.165, 1.54) is 6.92 Å². The molecule has 0 radical (unpaired) electrons. The van der Waals surface area contributed by atoms with E-state index in [0.29, 0.717) is 19.3 Å². The quantitative estimate of drug-likeness (QED) is 0.557. The minimum absolute atomic E-state index is 0.0338. The molecule has 0 aromatic heterocycles. The molecule has 1 saturated heterocycles. The Bertz CT molecular complexity index is 376. The number of fused-ring (bicyclic) bond motifs is 2. The molecule has 4 nitrogen and oxygen atoms in total. The van der Waals surface area contributed by atoms with E-state index in [1.807, 2.05) is 6.92 Å². The molecule has 1 aliphatic carbocycles. The molecule has 0 aromatic rings. The van der Waals surface area contributed by atoms with E-state index in [1.54, 1.807) is 6.08 Å². The zero-order valence-electron chi connectivity index (χ0n) is 10.3. The maximum atomic E-state index is 11.7. The van der Waals surface area contributed by atoms with Gasteiger partial charge in [-0.15, -0.1) is 6.58 Å². The normalized spacial score (nSPS) is 39.6. The van der Waals surface area contributed by atoms with Crippen molar-refractivity contribution in [3.05, 3.63) is 12.7 Å². The molecular weight excluding hydrogens is 220 g/mol. The monoisotopic (exact) mass is 238 g/mol. The first-order chi connectivity index (χ1) is 7.92. The fourth-order valence-corrected chi connectivity index (χ4v) is 3.10. The second-order valence-corrected chi connectivity index (χ2v) is 5.17. The lowest BCUT2D eigenvalue weighted by molar-refractivity contribution is -0.199. The van der Waals surface area contributed by atoms with E-state index in [9.17, 15) is 9.59 Å². The molecule has 1 heterocycles. The number of esters is 2. The first-order valence-corrected chi connectivity index (χ1v) is 5.96. The minimum Gasteiger partial charge on any atom is -0.455 e. The minimum atomic E-state index is -0.733. The number of rotatable bonds is 3. The topological polar surface area (TPSA) is 52.6 Å². The van der Waals surface area contributed by atoms with Crippen molar-refractivity contribution >= 4 is 11.9 Å². The highest BCUT2D eigenvalue weighted by molar-refractivity contribution is 5.76. The zero-order valence-corrected chi connectivity index (χ0v) is 10.3. The van der Waals surface area contributed by atoms with Crippen molar-refractivity contribution in [1.82, 2.24) is 0 Å². The van der Waals surface area contributed by atoms with Gasteiger partial charge in [-0.1, -0.05) is 6.08 Å². The van der Waals surface area contributed by atoms with E-state index in [4.69, 9.17) is 9.47 Å². The van der Waals surface area contributed by atoms with Gasteiger partial charge in [0.05, 0.1) is 5.92 Å². The maximum absolute atomic E-state index is 11.7. The molecule has 0 N–H and O–H groups in total. The summed E-state index contributed by atoms with van der Waals surface area (Å²) in [5.74, 6) is -0.534. The summed E-state index contributed by atoms with van der Waals surface area (Å²) in [6.45, 7) is 6.95.